The normalized spacial score (nSPS) is 17.3. The van der Waals surface area contributed by atoms with Crippen LogP contribution in [0.15, 0.2) is 199 Å². The SMILES string of the molecule is c1ccc2c(c1)NC(c1ccc3c(c1)C1(c4ccccc4-3)c3ccccc3-c3cc4c5ccccc5c5ccccc5c4cc31)N=C2c1ccc2ccccc2c1. The monoisotopic (exact) mass is 722 g/mol. The van der Waals surface area contributed by atoms with Crippen LogP contribution in [0.2, 0.25) is 0 Å². The van der Waals surface area contributed by atoms with Crippen LogP contribution in [-0.4, -0.2) is 5.71 Å². The van der Waals surface area contributed by atoms with Crippen LogP contribution in [0.4, 0.5) is 5.69 Å². The number of aliphatic imine (C=N–C) groups is 1. The third kappa shape index (κ3) is 4.11. The van der Waals surface area contributed by atoms with Crippen molar-refractivity contribution in [2.75, 3.05) is 5.32 Å². The lowest BCUT2D eigenvalue weighted by Gasteiger charge is -2.32. The van der Waals surface area contributed by atoms with Gasteiger partial charge in [0.2, 0.25) is 0 Å². The number of rotatable bonds is 2. The summed E-state index contributed by atoms with van der Waals surface area (Å²) in [6, 6.07) is 72.1. The number of para-hydroxylation sites is 1. The van der Waals surface area contributed by atoms with Gasteiger partial charge in [-0.2, -0.15) is 0 Å². The van der Waals surface area contributed by atoms with E-state index in [2.05, 4.69) is 199 Å². The Labute approximate surface area is 330 Å². The first-order valence-corrected chi connectivity index (χ1v) is 19.9. The van der Waals surface area contributed by atoms with Gasteiger partial charge in [-0.05, 0) is 123 Å². The Hall–Kier alpha value is -7.29. The maximum atomic E-state index is 5.56. The second-order valence-electron chi connectivity index (χ2n) is 15.8. The highest BCUT2D eigenvalue weighted by molar-refractivity contribution is 6.26. The lowest BCUT2D eigenvalue weighted by molar-refractivity contribution is 0.780. The predicted molar refractivity (Wildman–Crippen MR) is 238 cm³/mol. The number of nitrogens with one attached hydrogen (secondary N) is 1. The van der Waals surface area contributed by atoms with Gasteiger partial charge in [0, 0.05) is 16.8 Å². The molecule has 2 unspecified atom stereocenters. The van der Waals surface area contributed by atoms with Crippen LogP contribution in [0, 0.1) is 0 Å². The van der Waals surface area contributed by atoms with Gasteiger partial charge in [0.05, 0.1) is 11.1 Å². The molecule has 1 aliphatic heterocycles. The average Bonchev–Trinajstić information content (AvgIpc) is 3.74. The van der Waals surface area contributed by atoms with Crippen LogP contribution in [0.5, 0.6) is 0 Å². The van der Waals surface area contributed by atoms with Crippen LogP contribution < -0.4 is 5.32 Å². The summed E-state index contributed by atoms with van der Waals surface area (Å²) in [5, 5.41) is 14.1. The molecule has 13 rings (SSSR count). The Kier molecular flexibility index (Phi) is 6.18. The largest absolute Gasteiger partial charge is 0.360 e. The topological polar surface area (TPSA) is 24.4 Å². The van der Waals surface area contributed by atoms with Crippen molar-refractivity contribution in [2.45, 2.75) is 11.6 Å². The molecule has 0 fully saturated rings. The Morgan fingerprint density at radius 1 is 0.368 bits per heavy atom. The van der Waals surface area contributed by atoms with Gasteiger partial charge in [-0.3, -0.25) is 4.99 Å². The van der Waals surface area contributed by atoms with E-state index < -0.39 is 5.41 Å². The van der Waals surface area contributed by atoms with Crippen molar-refractivity contribution in [2.24, 2.45) is 4.99 Å². The van der Waals surface area contributed by atoms with E-state index in [-0.39, 0.29) is 6.17 Å². The number of hydrogen-bond donors (Lipinski definition) is 1. The van der Waals surface area contributed by atoms with E-state index in [1.54, 1.807) is 0 Å². The molecular formula is C55H34N2. The Morgan fingerprint density at radius 3 is 1.65 bits per heavy atom. The van der Waals surface area contributed by atoms with E-state index in [9.17, 15) is 0 Å². The number of nitrogens with zero attached hydrogens (tertiary/aromatic N) is 1. The highest BCUT2D eigenvalue weighted by Crippen LogP contribution is 2.64. The smallest absolute Gasteiger partial charge is 0.145 e. The van der Waals surface area contributed by atoms with E-state index >= 15 is 0 Å². The first-order chi connectivity index (χ1) is 28.3. The fraction of sp³-hybridized carbons (Fsp3) is 0.0364. The summed E-state index contributed by atoms with van der Waals surface area (Å²) < 4.78 is 0. The number of hydrogen-bond acceptors (Lipinski definition) is 2. The molecule has 0 aromatic heterocycles. The summed E-state index contributed by atoms with van der Waals surface area (Å²) in [6.07, 6.45) is -0.268. The van der Waals surface area contributed by atoms with E-state index in [0.29, 0.717) is 0 Å². The average molecular weight is 723 g/mol. The zero-order valence-corrected chi connectivity index (χ0v) is 31.0. The second kappa shape index (κ2) is 11.4. The maximum Gasteiger partial charge on any atom is 0.145 e. The van der Waals surface area contributed by atoms with Gasteiger partial charge < -0.3 is 5.32 Å². The minimum atomic E-state index is -0.494. The van der Waals surface area contributed by atoms with Gasteiger partial charge in [-0.15, -0.1) is 0 Å². The van der Waals surface area contributed by atoms with Crippen molar-refractivity contribution in [3.8, 4) is 22.3 Å². The number of fused-ring (bicyclic) bond motifs is 18. The van der Waals surface area contributed by atoms with Crippen molar-refractivity contribution >= 4 is 54.5 Å². The first-order valence-electron chi connectivity index (χ1n) is 19.9. The fourth-order valence-electron chi connectivity index (χ4n) is 10.6. The summed E-state index contributed by atoms with van der Waals surface area (Å²) in [7, 11) is 0. The molecule has 3 aliphatic rings. The van der Waals surface area contributed by atoms with E-state index in [0.717, 1.165) is 28.1 Å². The van der Waals surface area contributed by atoms with Crippen molar-refractivity contribution < 1.29 is 0 Å². The Balaban J connectivity index is 1.08. The first kappa shape index (κ1) is 31.0. The van der Waals surface area contributed by atoms with Crippen molar-refractivity contribution in [3.05, 3.63) is 233 Å². The van der Waals surface area contributed by atoms with Crippen LogP contribution >= 0.6 is 0 Å². The van der Waals surface area contributed by atoms with E-state index in [1.165, 1.54) is 87.6 Å². The summed E-state index contributed by atoms with van der Waals surface area (Å²) >= 11 is 0. The van der Waals surface area contributed by atoms with Crippen molar-refractivity contribution in [3.63, 3.8) is 0 Å². The zero-order chi connectivity index (χ0) is 37.2. The van der Waals surface area contributed by atoms with Crippen LogP contribution in [0.3, 0.4) is 0 Å². The van der Waals surface area contributed by atoms with Crippen molar-refractivity contribution in [1.29, 1.82) is 0 Å². The van der Waals surface area contributed by atoms with Crippen molar-refractivity contribution in [1.82, 2.24) is 0 Å². The molecule has 264 valence electrons. The minimum absolute atomic E-state index is 0.268. The summed E-state index contributed by atoms with van der Waals surface area (Å²) in [4.78, 5) is 5.56. The molecule has 2 heteroatoms. The number of anilines is 1. The van der Waals surface area contributed by atoms with Crippen LogP contribution in [0.25, 0.3) is 65.3 Å². The minimum Gasteiger partial charge on any atom is -0.360 e. The molecule has 0 bridgehead atoms. The molecule has 10 aromatic rings. The fourth-order valence-corrected chi connectivity index (χ4v) is 10.6. The summed E-state index contributed by atoms with van der Waals surface area (Å²) in [5.74, 6) is 0. The lowest BCUT2D eigenvalue weighted by atomic mass is 9.70. The molecule has 57 heavy (non-hydrogen) atoms. The molecule has 2 aliphatic carbocycles. The molecule has 0 saturated carbocycles. The van der Waals surface area contributed by atoms with Gasteiger partial charge >= 0.3 is 0 Å². The summed E-state index contributed by atoms with van der Waals surface area (Å²) in [6.45, 7) is 0. The van der Waals surface area contributed by atoms with Gasteiger partial charge in [0.15, 0.2) is 0 Å². The highest BCUT2D eigenvalue weighted by atomic mass is 15.1. The summed E-state index contributed by atoms with van der Waals surface area (Å²) in [5.41, 5.74) is 15.6. The molecule has 1 heterocycles. The number of benzene rings is 10. The maximum absolute atomic E-state index is 5.56. The van der Waals surface area contributed by atoms with Gasteiger partial charge in [-0.25, -0.2) is 0 Å². The molecular weight excluding hydrogens is 689 g/mol. The second-order valence-corrected chi connectivity index (χ2v) is 15.8. The van der Waals surface area contributed by atoms with Gasteiger partial charge in [0.1, 0.15) is 6.17 Å². The molecule has 10 aromatic carbocycles. The van der Waals surface area contributed by atoms with E-state index in [4.69, 9.17) is 4.99 Å². The molecule has 1 N–H and O–H groups in total. The molecule has 0 saturated heterocycles. The zero-order valence-electron chi connectivity index (χ0n) is 31.0. The third-order valence-electron chi connectivity index (χ3n) is 13.0. The Morgan fingerprint density at radius 2 is 0.912 bits per heavy atom. The molecule has 1 spiro atoms. The molecule has 2 nitrogen and oxygen atoms in total. The predicted octanol–water partition coefficient (Wildman–Crippen LogP) is 13.6. The van der Waals surface area contributed by atoms with Gasteiger partial charge in [0.25, 0.3) is 0 Å². The quantitative estimate of drug-likeness (QED) is 0.177. The van der Waals surface area contributed by atoms with Crippen LogP contribution in [-0.2, 0) is 5.41 Å². The molecule has 0 amide bonds. The lowest BCUT2D eigenvalue weighted by Crippen LogP contribution is -2.26. The van der Waals surface area contributed by atoms with E-state index in [1.807, 2.05) is 0 Å². The molecule has 2 atom stereocenters. The van der Waals surface area contributed by atoms with Crippen LogP contribution in [0.1, 0.15) is 45.1 Å². The standard InChI is InChI=1S/C55H34N2/c1-2-14-34-29-35(26-25-33(34)13-1)53-44-21-9-12-24-52(44)56-54(57-53)36-27-28-43-41-19-7-10-22-48(41)55(50(43)30-36)49-23-11-8-20-42(49)47-31-45-39-17-5-3-15-37(39)38-16-4-6-18-40(38)46(45)32-51(47)55/h1-32,54,56H. The Bertz CT molecular complexity index is 3410. The highest BCUT2D eigenvalue weighted by Gasteiger charge is 2.52. The molecule has 0 radical (unpaired) electrons. The third-order valence-corrected chi connectivity index (χ3v) is 13.0. The van der Waals surface area contributed by atoms with Gasteiger partial charge in [-0.1, -0.05) is 164 Å².